The molecule has 1 atom stereocenters. The van der Waals surface area contributed by atoms with E-state index in [2.05, 4.69) is 34.0 Å². The number of fused-ring (bicyclic) bond motifs is 1. The Balaban J connectivity index is 1.46. The number of hydrogen-bond donors (Lipinski definition) is 1. The molecular weight excluding hydrogens is 346 g/mol. The molecule has 4 heterocycles. The van der Waals surface area contributed by atoms with Crippen molar-refractivity contribution < 1.29 is 4.79 Å². The summed E-state index contributed by atoms with van der Waals surface area (Å²) in [6.45, 7) is 8.01. The van der Waals surface area contributed by atoms with E-state index in [0.29, 0.717) is 11.9 Å². The normalized spacial score (nSPS) is 21.5. The second-order valence-corrected chi connectivity index (χ2v) is 8.72. The molecule has 2 aliphatic rings. The largest absolute Gasteiger partial charge is 0.356 e. The van der Waals surface area contributed by atoms with Crippen LogP contribution in [-0.4, -0.2) is 60.0 Å². The quantitative estimate of drug-likeness (QED) is 0.895. The van der Waals surface area contributed by atoms with Crippen LogP contribution in [0.2, 0.25) is 0 Å². The number of thiophene rings is 1. The number of aromatic nitrogens is 2. The maximum absolute atomic E-state index is 12.9. The van der Waals surface area contributed by atoms with Gasteiger partial charge in [0.1, 0.15) is 17.0 Å². The summed E-state index contributed by atoms with van der Waals surface area (Å²) in [7, 11) is 1.97. The molecule has 140 valence electrons. The number of likely N-dealkylation sites (N-methyl/N-ethyl adjacent to an activating group) is 1. The molecule has 0 aliphatic carbocycles. The Kier molecular flexibility index (Phi) is 4.84. The van der Waals surface area contributed by atoms with Crippen LogP contribution in [0, 0.1) is 19.8 Å². The third kappa shape index (κ3) is 3.07. The highest BCUT2D eigenvalue weighted by molar-refractivity contribution is 7.18. The average Bonchev–Trinajstić information content (AvgIpc) is 3.30. The molecule has 2 aromatic rings. The van der Waals surface area contributed by atoms with Gasteiger partial charge in [0.2, 0.25) is 5.91 Å². The molecule has 6 nitrogen and oxygen atoms in total. The molecule has 0 saturated carbocycles. The van der Waals surface area contributed by atoms with Gasteiger partial charge < -0.3 is 15.1 Å². The number of carbonyl (C=O) groups is 1. The van der Waals surface area contributed by atoms with E-state index in [-0.39, 0.29) is 5.92 Å². The maximum atomic E-state index is 12.9. The molecule has 2 fully saturated rings. The van der Waals surface area contributed by atoms with Crippen molar-refractivity contribution in [3.8, 4) is 0 Å². The Morgan fingerprint density at radius 2 is 2.04 bits per heavy atom. The number of hydrogen-bond acceptors (Lipinski definition) is 6. The molecule has 1 unspecified atom stereocenters. The zero-order valence-electron chi connectivity index (χ0n) is 15.8. The van der Waals surface area contributed by atoms with Gasteiger partial charge in [-0.25, -0.2) is 9.97 Å². The Labute approximate surface area is 158 Å². The fraction of sp³-hybridized carbons (Fsp3) is 0.632. The smallest absolute Gasteiger partial charge is 0.225 e. The van der Waals surface area contributed by atoms with Crippen molar-refractivity contribution in [1.29, 1.82) is 0 Å². The van der Waals surface area contributed by atoms with Crippen LogP contribution >= 0.6 is 11.3 Å². The van der Waals surface area contributed by atoms with E-state index in [1.807, 2.05) is 11.9 Å². The minimum absolute atomic E-state index is 0.138. The van der Waals surface area contributed by atoms with Gasteiger partial charge in [-0.1, -0.05) is 0 Å². The zero-order chi connectivity index (χ0) is 18.3. The lowest BCUT2D eigenvalue weighted by atomic mass is 9.94. The van der Waals surface area contributed by atoms with Crippen LogP contribution < -0.4 is 10.2 Å². The first-order valence-electron chi connectivity index (χ1n) is 9.49. The maximum Gasteiger partial charge on any atom is 0.225 e. The minimum atomic E-state index is 0.138. The molecule has 0 aromatic carbocycles. The number of nitrogens with zero attached hydrogens (tertiary/aromatic N) is 4. The first-order chi connectivity index (χ1) is 12.6. The topological polar surface area (TPSA) is 61.4 Å². The van der Waals surface area contributed by atoms with Gasteiger partial charge in [-0.15, -0.1) is 11.3 Å². The van der Waals surface area contributed by atoms with Gasteiger partial charge >= 0.3 is 0 Å². The van der Waals surface area contributed by atoms with Gasteiger partial charge in [0.15, 0.2) is 0 Å². The van der Waals surface area contributed by atoms with E-state index in [9.17, 15) is 4.79 Å². The van der Waals surface area contributed by atoms with E-state index < -0.39 is 0 Å². The van der Waals surface area contributed by atoms with E-state index >= 15 is 0 Å². The number of piperidine rings is 1. The van der Waals surface area contributed by atoms with Crippen LogP contribution in [0.1, 0.15) is 29.7 Å². The third-order valence-electron chi connectivity index (χ3n) is 6.02. The summed E-state index contributed by atoms with van der Waals surface area (Å²) in [5.41, 5.74) is 1.28. The van der Waals surface area contributed by atoms with Crippen LogP contribution in [0.5, 0.6) is 0 Å². The van der Waals surface area contributed by atoms with Gasteiger partial charge in [-0.2, -0.15) is 0 Å². The van der Waals surface area contributed by atoms with Crippen molar-refractivity contribution in [2.75, 3.05) is 38.1 Å². The highest BCUT2D eigenvalue weighted by Crippen LogP contribution is 2.35. The molecule has 2 saturated heterocycles. The number of carbonyl (C=O) groups excluding carboxylic acids is 1. The van der Waals surface area contributed by atoms with Crippen molar-refractivity contribution in [2.45, 2.75) is 39.2 Å². The molecule has 2 aromatic heterocycles. The molecular formula is C19H27N5OS. The van der Waals surface area contributed by atoms with E-state index in [4.69, 9.17) is 0 Å². The van der Waals surface area contributed by atoms with Crippen LogP contribution in [0.15, 0.2) is 6.33 Å². The molecule has 0 bridgehead atoms. The lowest BCUT2D eigenvalue weighted by Gasteiger charge is -2.35. The van der Waals surface area contributed by atoms with Crippen molar-refractivity contribution in [1.82, 2.24) is 20.2 Å². The van der Waals surface area contributed by atoms with E-state index in [0.717, 1.165) is 56.1 Å². The summed E-state index contributed by atoms with van der Waals surface area (Å²) in [5.74, 6) is 1.49. The Morgan fingerprint density at radius 3 is 2.73 bits per heavy atom. The molecule has 1 N–H and O–H groups in total. The number of rotatable bonds is 3. The van der Waals surface area contributed by atoms with Gasteiger partial charge in [0, 0.05) is 43.5 Å². The second kappa shape index (κ2) is 7.12. The highest BCUT2D eigenvalue weighted by atomic mass is 32.1. The van der Waals surface area contributed by atoms with Crippen molar-refractivity contribution in [2.24, 2.45) is 5.92 Å². The Morgan fingerprint density at radius 1 is 1.27 bits per heavy atom. The Hall–Kier alpha value is -1.73. The SMILES string of the molecule is Cc1sc2ncnc(N3CCC(C(=O)N(C)C4CCNC4)CC3)c2c1C. The molecule has 26 heavy (non-hydrogen) atoms. The lowest BCUT2D eigenvalue weighted by Crippen LogP contribution is -2.45. The van der Waals surface area contributed by atoms with Gasteiger partial charge in [-0.05, 0) is 45.2 Å². The molecule has 7 heteroatoms. The summed E-state index contributed by atoms with van der Waals surface area (Å²) >= 11 is 1.74. The van der Waals surface area contributed by atoms with Crippen LogP contribution in [-0.2, 0) is 4.79 Å². The summed E-state index contributed by atoms with van der Waals surface area (Å²) < 4.78 is 0. The van der Waals surface area contributed by atoms with Crippen LogP contribution in [0.4, 0.5) is 5.82 Å². The van der Waals surface area contributed by atoms with Gasteiger partial charge in [0.05, 0.1) is 5.39 Å². The van der Waals surface area contributed by atoms with Crippen LogP contribution in [0.25, 0.3) is 10.2 Å². The van der Waals surface area contributed by atoms with Crippen molar-refractivity contribution in [3.05, 3.63) is 16.8 Å². The molecule has 0 spiro atoms. The van der Waals surface area contributed by atoms with Gasteiger partial charge in [-0.3, -0.25) is 4.79 Å². The first-order valence-corrected chi connectivity index (χ1v) is 10.3. The monoisotopic (exact) mass is 373 g/mol. The molecule has 1 amide bonds. The van der Waals surface area contributed by atoms with Gasteiger partial charge in [0.25, 0.3) is 0 Å². The Bertz CT molecular complexity index is 806. The number of nitrogens with one attached hydrogen (secondary N) is 1. The average molecular weight is 374 g/mol. The van der Waals surface area contributed by atoms with Crippen molar-refractivity contribution >= 4 is 33.3 Å². The standard InChI is InChI=1S/C19H27N5OS/c1-12-13(2)26-18-16(12)17(21-11-22-18)24-8-5-14(6-9-24)19(25)23(3)15-4-7-20-10-15/h11,14-15,20H,4-10H2,1-3H3. The predicted octanol–water partition coefficient (Wildman–Crippen LogP) is 2.34. The van der Waals surface area contributed by atoms with E-state index in [1.165, 1.54) is 15.8 Å². The third-order valence-corrected chi connectivity index (χ3v) is 7.13. The predicted molar refractivity (Wildman–Crippen MR) is 106 cm³/mol. The number of amides is 1. The molecule has 0 radical (unpaired) electrons. The summed E-state index contributed by atoms with van der Waals surface area (Å²) in [4.78, 5) is 28.6. The summed E-state index contributed by atoms with van der Waals surface area (Å²) in [5, 5.41) is 4.54. The summed E-state index contributed by atoms with van der Waals surface area (Å²) in [6, 6.07) is 0.360. The highest BCUT2D eigenvalue weighted by Gasteiger charge is 2.32. The fourth-order valence-electron chi connectivity index (χ4n) is 4.18. The minimum Gasteiger partial charge on any atom is -0.356 e. The zero-order valence-corrected chi connectivity index (χ0v) is 16.6. The second-order valence-electron chi connectivity index (χ2n) is 7.52. The first kappa shape index (κ1) is 17.7. The summed E-state index contributed by atoms with van der Waals surface area (Å²) in [6.07, 6.45) is 4.54. The van der Waals surface area contributed by atoms with Crippen LogP contribution in [0.3, 0.4) is 0 Å². The number of anilines is 1. The lowest BCUT2D eigenvalue weighted by molar-refractivity contribution is -0.136. The molecule has 2 aliphatic heterocycles. The molecule has 4 rings (SSSR count). The number of aryl methyl sites for hydroxylation is 2. The van der Waals surface area contributed by atoms with E-state index in [1.54, 1.807) is 17.7 Å². The fourth-order valence-corrected chi connectivity index (χ4v) is 5.17. The van der Waals surface area contributed by atoms with Crippen molar-refractivity contribution in [3.63, 3.8) is 0 Å².